The van der Waals surface area contributed by atoms with Crippen LogP contribution in [0.4, 0.5) is 0 Å². The Morgan fingerprint density at radius 2 is 1.49 bits per heavy atom. The van der Waals surface area contributed by atoms with Crippen LogP contribution in [0.5, 0.6) is 5.75 Å². The van der Waals surface area contributed by atoms with Gasteiger partial charge in [0.2, 0.25) is 5.91 Å². The molecule has 1 aromatic heterocycles. The summed E-state index contributed by atoms with van der Waals surface area (Å²) in [7, 11) is 0. The number of hydrogen-bond acceptors (Lipinski definition) is 5. The summed E-state index contributed by atoms with van der Waals surface area (Å²) in [5, 5.41) is 4.93. The molecule has 5 nitrogen and oxygen atoms in total. The van der Waals surface area contributed by atoms with E-state index in [4.69, 9.17) is 4.74 Å². The van der Waals surface area contributed by atoms with E-state index in [1.165, 1.54) is 93.9 Å². The van der Waals surface area contributed by atoms with Crippen LogP contribution in [0.1, 0.15) is 145 Å². The van der Waals surface area contributed by atoms with Gasteiger partial charge in [0.05, 0.1) is 0 Å². The number of esters is 1. The number of fused-ring (bicyclic) bond motifs is 1. The highest BCUT2D eigenvalue weighted by atomic mass is 32.1. The van der Waals surface area contributed by atoms with Gasteiger partial charge in [0.1, 0.15) is 12.3 Å². The maximum atomic E-state index is 12.6. The molecule has 1 aliphatic carbocycles. The summed E-state index contributed by atoms with van der Waals surface area (Å²) in [5.41, 5.74) is 2.44. The normalized spacial score (nSPS) is 14.4. The third-order valence-electron chi connectivity index (χ3n) is 9.33. The predicted molar refractivity (Wildman–Crippen MR) is 190 cm³/mol. The first-order valence-electron chi connectivity index (χ1n) is 18.4. The Bertz CT molecular complexity index is 1070. The van der Waals surface area contributed by atoms with Crippen LogP contribution in [-0.2, 0) is 28.9 Å². The summed E-state index contributed by atoms with van der Waals surface area (Å²) in [5.74, 6) is 0.213. The minimum Gasteiger partial charge on any atom is -0.425 e. The zero-order valence-corrected chi connectivity index (χ0v) is 29.4. The fourth-order valence-electron chi connectivity index (χ4n) is 6.71. The van der Waals surface area contributed by atoms with Gasteiger partial charge in [0, 0.05) is 23.9 Å². The van der Waals surface area contributed by atoms with Crippen LogP contribution in [0.3, 0.4) is 0 Å². The number of benzene rings is 1. The van der Waals surface area contributed by atoms with Crippen molar-refractivity contribution < 1.29 is 14.3 Å². The Morgan fingerprint density at radius 1 is 0.822 bits per heavy atom. The van der Waals surface area contributed by atoms with Gasteiger partial charge in [-0.1, -0.05) is 122 Å². The lowest BCUT2D eigenvalue weighted by molar-refractivity contribution is -0.135. The van der Waals surface area contributed by atoms with Crippen molar-refractivity contribution in [1.29, 1.82) is 0 Å². The molecule has 0 radical (unpaired) electrons. The number of carbonyl (C=O) groups excluding carboxylic acids is 2. The van der Waals surface area contributed by atoms with Crippen LogP contribution in [0.25, 0.3) is 0 Å². The molecule has 1 amide bonds. The van der Waals surface area contributed by atoms with Crippen LogP contribution >= 0.6 is 11.3 Å². The van der Waals surface area contributed by atoms with Gasteiger partial charge in [-0.2, -0.15) is 0 Å². The Labute approximate surface area is 278 Å². The molecule has 3 rings (SSSR count). The summed E-state index contributed by atoms with van der Waals surface area (Å²) in [6.45, 7) is 6.65. The second kappa shape index (κ2) is 23.2. The van der Waals surface area contributed by atoms with Crippen molar-refractivity contribution in [2.24, 2.45) is 0 Å². The monoisotopic (exact) mass is 638 g/mol. The van der Waals surface area contributed by atoms with Crippen molar-refractivity contribution in [3.8, 4) is 5.75 Å². The highest BCUT2D eigenvalue weighted by molar-refractivity contribution is 7.09. The summed E-state index contributed by atoms with van der Waals surface area (Å²) in [4.78, 5) is 29.0. The zero-order valence-electron chi connectivity index (χ0n) is 28.6. The standard InChI is InChI=1S/C39H62N2O3S/c1-3-5-6-7-8-9-10-11-12-13-14-15-16-17-18-24-38(42)40-32-39(43)44-37-23-19-21-33-31-34(25-26-36(33)37)41(28-4-2)29-27-35-22-20-30-45-35/h19-23,30,34H,3-18,24-29,31-32H2,1-2H3,(H,40,42)/t34-/m0/s1. The van der Waals surface area contributed by atoms with Crippen LogP contribution in [0.2, 0.25) is 0 Å². The number of hydrogen-bond donors (Lipinski definition) is 1. The van der Waals surface area contributed by atoms with Gasteiger partial charge in [-0.25, -0.2) is 4.79 Å². The second-order valence-corrected chi connectivity index (χ2v) is 14.1. The first-order chi connectivity index (χ1) is 22.1. The highest BCUT2D eigenvalue weighted by Gasteiger charge is 2.26. The van der Waals surface area contributed by atoms with E-state index in [1.54, 1.807) is 0 Å². The van der Waals surface area contributed by atoms with Gasteiger partial charge in [-0.15, -0.1) is 11.3 Å². The molecule has 1 N–H and O–H groups in total. The number of nitrogens with one attached hydrogen (secondary N) is 1. The van der Waals surface area contributed by atoms with E-state index in [9.17, 15) is 9.59 Å². The molecule has 2 aromatic rings. The molecule has 0 saturated carbocycles. The lowest BCUT2D eigenvalue weighted by Crippen LogP contribution is -2.41. The van der Waals surface area contributed by atoms with Crippen molar-refractivity contribution in [1.82, 2.24) is 10.2 Å². The van der Waals surface area contributed by atoms with E-state index >= 15 is 0 Å². The summed E-state index contributed by atoms with van der Waals surface area (Å²) in [6.07, 6.45) is 25.3. The molecule has 0 spiro atoms. The number of thiophene rings is 1. The Kier molecular flexibility index (Phi) is 19.2. The van der Waals surface area contributed by atoms with E-state index < -0.39 is 0 Å². The van der Waals surface area contributed by atoms with Gasteiger partial charge in [0.25, 0.3) is 0 Å². The van der Waals surface area contributed by atoms with Gasteiger partial charge in [0.15, 0.2) is 0 Å². The number of unbranched alkanes of at least 4 members (excludes halogenated alkanes) is 14. The topological polar surface area (TPSA) is 58.6 Å². The average Bonchev–Trinajstić information content (AvgIpc) is 3.57. The van der Waals surface area contributed by atoms with E-state index in [1.807, 2.05) is 23.5 Å². The third kappa shape index (κ3) is 15.3. The molecule has 1 atom stereocenters. The largest absolute Gasteiger partial charge is 0.425 e. The van der Waals surface area contributed by atoms with Crippen LogP contribution < -0.4 is 10.1 Å². The smallest absolute Gasteiger partial charge is 0.330 e. The molecule has 252 valence electrons. The number of ether oxygens (including phenoxy) is 1. The number of nitrogens with zero attached hydrogens (tertiary/aromatic N) is 1. The molecule has 1 heterocycles. The molecule has 6 heteroatoms. The zero-order chi connectivity index (χ0) is 32.0. The molecule has 0 aliphatic heterocycles. The Balaban J connectivity index is 1.24. The average molecular weight is 639 g/mol. The minimum absolute atomic E-state index is 0.0573. The molecular weight excluding hydrogens is 577 g/mol. The van der Waals surface area contributed by atoms with Crippen molar-refractivity contribution in [2.45, 2.75) is 155 Å². The molecule has 0 unspecified atom stereocenters. The van der Waals surface area contributed by atoms with Gasteiger partial charge >= 0.3 is 5.97 Å². The SMILES string of the molecule is CCCCCCCCCCCCCCCCCC(=O)NCC(=O)Oc1cccc2c1CC[C@H](N(CCC)CCc1cccs1)C2. The first kappa shape index (κ1) is 37.3. The predicted octanol–water partition coefficient (Wildman–Crippen LogP) is 9.84. The summed E-state index contributed by atoms with van der Waals surface area (Å²) < 4.78 is 5.77. The van der Waals surface area contributed by atoms with Gasteiger partial charge in [-0.05, 0) is 73.7 Å². The van der Waals surface area contributed by atoms with Crippen LogP contribution in [0.15, 0.2) is 35.7 Å². The molecule has 45 heavy (non-hydrogen) atoms. The van der Waals surface area contributed by atoms with E-state index in [2.05, 4.69) is 47.6 Å². The molecular formula is C39H62N2O3S. The lowest BCUT2D eigenvalue weighted by atomic mass is 9.86. The second-order valence-electron chi connectivity index (χ2n) is 13.1. The van der Waals surface area contributed by atoms with E-state index in [0.717, 1.165) is 63.6 Å². The van der Waals surface area contributed by atoms with Crippen molar-refractivity contribution >= 4 is 23.2 Å². The van der Waals surface area contributed by atoms with Crippen molar-refractivity contribution in [3.05, 3.63) is 51.7 Å². The Hall–Kier alpha value is -2.18. The maximum absolute atomic E-state index is 12.6. The fraction of sp³-hybridized carbons (Fsp3) is 0.692. The Morgan fingerprint density at radius 3 is 2.11 bits per heavy atom. The van der Waals surface area contributed by atoms with Crippen LogP contribution in [0, 0.1) is 0 Å². The molecule has 1 aromatic carbocycles. The number of rotatable bonds is 25. The quantitative estimate of drug-likeness (QED) is 0.0668. The maximum Gasteiger partial charge on any atom is 0.330 e. The molecule has 0 fully saturated rings. The van der Waals surface area contributed by atoms with E-state index in [0.29, 0.717) is 18.2 Å². The number of amides is 1. The third-order valence-corrected chi connectivity index (χ3v) is 10.3. The molecule has 0 bridgehead atoms. The molecule has 1 aliphatic rings. The number of carbonyl (C=O) groups is 2. The van der Waals surface area contributed by atoms with Crippen molar-refractivity contribution in [3.63, 3.8) is 0 Å². The van der Waals surface area contributed by atoms with Crippen LogP contribution in [-0.4, -0.2) is 42.5 Å². The minimum atomic E-state index is -0.390. The lowest BCUT2D eigenvalue weighted by Gasteiger charge is -2.35. The van der Waals surface area contributed by atoms with Gasteiger partial charge in [-0.3, -0.25) is 9.69 Å². The molecule has 0 saturated heterocycles. The van der Waals surface area contributed by atoms with Crippen molar-refractivity contribution in [2.75, 3.05) is 19.6 Å². The van der Waals surface area contributed by atoms with E-state index in [-0.39, 0.29) is 18.4 Å². The summed E-state index contributed by atoms with van der Waals surface area (Å²) in [6, 6.07) is 11.0. The summed E-state index contributed by atoms with van der Waals surface area (Å²) >= 11 is 1.84. The highest BCUT2D eigenvalue weighted by Crippen LogP contribution is 2.32. The first-order valence-corrected chi connectivity index (χ1v) is 19.3. The fourth-order valence-corrected chi connectivity index (χ4v) is 7.41. The van der Waals surface area contributed by atoms with Gasteiger partial charge < -0.3 is 10.1 Å².